The van der Waals surface area contributed by atoms with Gasteiger partial charge in [0, 0.05) is 0 Å². The summed E-state index contributed by atoms with van der Waals surface area (Å²) < 4.78 is 45.7. The van der Waals surface area contributed by atoms with Gasteiger partial charge in [-0.1, -0.05) is 36.4 Å². The molecule has 124 valence electrons. The fourth-order valence-electron chi connectivity index (χ4n) is 2.06. The quantitative estimate of drug-likeness (QED) is 0.767. The van der Waals surface area contributed by atoms with Crippen LogP contribution >= 0.6 is 0 Å². The molecule has 2 aromatic carbocycles. The smallest absolute Gasteiger partial charge is 0.471 e. The summed E-state index contributed by atoms with van der Waals surface area (Å²) in [5.74, 6) is 0.156. The lowest BCUT2D eigenvalue weighted by Crippen LogP contribution is -2.16. The van der Waals surface area contributed by atoms with Crippen LogP contribution in [0.2, 0.25) is 0 Å². The van der Waals surface area contributed by atoms with Crippen LogP contribution < -0.4 is 9.47 Å². The van der Waals surface area contributed by atoms with Crippen molar-refractivity contribution in [2.24, 2.45) is 0 Å². The first-order chi connectivity index (χ1) is 11.5. The third-order valence-electron chi connectivity index (χ3n) is 3.15. The van der Waals surface area contributed by atoms with E-state index in [9.17, 15) is 13.2 Å². The molecule has 0 spiro atoms. The molecule has 24 heavy (non-hydrogen) atoms. The Balaban J connectivity index is 1.64. The summed E-state index contributed by atoms with van der Waals surface area (Å²) >= 11 is 0. The van der Waals surface area contributed by atoms with Gasteiger partial charge in [0.15, 0.2) is 0 Å². The molecule has 8 heteroatoms. The third kappa shape index (κ3) is 4.25. The molecule has 0 unspecified atom stereocenters. The first kappa shape index (κ1) is 15.9. The molecule has 0 radical (unpaired) electrons. The van der Waals surface area contributed by atoms with Crippen LogP contribution in [-0.2, 0) is 6.61 Å². The van der Waals surface area contributed by atoms with E-state index in [4.69, 9.17) is 4.74 Å². The zero-order valence-electron chi connectivity index (χ0n) is 12.2. The van der Waals surface area contributed by atoms with Crippen LogP contribution in [0.4, 0.5) is 13.2 Å². The molecular weight excluding hydrogens is 323 g/mol. The Kier molecular flexibility index (Phi) is 4.37. The van der Waals surface area contributed by atoms with E-state index in [-0.39, 0.29) is 5.75 Å². The summed E-state index contributed by atoms with van der Waals surface area (Å²) in [6.45, 7) is 0.338. The molecule has 0 saturated heterocycles. The zero-order chi connectivity index (χ0) is 17.0. The molecule has 0 fully saturated rings. The Morgan fingerprint density at radius 3 is 2.08 bits per heavy atom. The topological polar surface area (TPSA) is 60.0 Å². The molecule has 1 N–H and O–H groups in total. The van der Waals surface area contributed by atoms with Crippen LogP contribution in [0.15, 0.2) is 54.7 Å². The molecule has 1 heterocycles. The Morgan fingerprint density at radius 1 is 0.917 bits per heavy atom. The van der Waals surface area contributed by atoms with Gasteiger partial charge in [-0.05, 0) is 28.8 Å². The highest BCUT2D eigenvalue weighted by Gasteiger charge is 2.30. The average Bonchev–Trinajstić information content (AvgIpc) is 3.06. The molecule has 0 aliphatic heterocycles. The van der Waals surface area contributed by atoms with Crippen molar-refractivity contribution in [1.29, 1.82) is 0 Å². The van der Waals surface area contributed by atoms with Gasteiger partial charge in [0.1, 0.15) is 18.6 Å². The number of hydrogen-bond donors (Lipinski definition) is 1. The molecule has 0 atom stereocenters. The Bertz CT molecular complexity index is 770. The van der Waals surface area contributed by atoms with E-state index in [1.54, 1.807) is 12.1 Å². The van der Waals surface area contributed by atoms with Gasteiger partial charge < -0.3 is 9.47 Å². The number of benzene rings is 2. The largest absolute Gasteiger partial charge is 0.573 e. The summed E-state index contributed by atoms with van der Waals surface area (Å²) in [4.78, 5) is 0. The number of alkyl halides is 3. The van der Waals surface area contributed by atoms with E-state index in [1.165, 1.54) is 18.3 Å². The molecule has 5 nitrogen and oxygen atoms in total. The van der Waals surface area contributed by atoms with Gasteiger partial charge in [0.2, 0.25) is 0 Å². The van der Waals surface area contributed by atoms with Crippen LogP contribution in [0.5, 0.6) is 11.6 Å². The minimum atomic E-state index is -4.69. The number of H-pyrrole nitrogens is 1. The number of halogens is 3. The van der Waals surface area contributed by atoms with Gasteiger partial charge in [0.25, 0.3) is 5.88 Å². The van der Waals surface area contributed by atoms with Crippen LogP contribution in [0.1, 0.15) is 5.56 Å². The van der Waals surface area contributed by atoms with Crippen LogP contribution in [0, 0.1) is 0 Å². The number of ether oxygens (including phenoxy) is 2. The fraction of sp³-hybridized carbons (Fsp3) is 0.125. The van der Waals surface area contributed by atoms with Crippen LogP contribution in [0.25, 0.3) is 11.1 Å². The molecule has 3 rings (SSSR count). The number of aromatic nitrogens is 3. The van der Waals surface area contributed by atoms with Crippen molar-refractivity contribution in [3.05, 3.63) is 60.3 Å². The van der Waals surface area contributed by atoms with Crippen molar-refractivity contribution in [3.63, 3.8) is 0 Å². The summed E-state index contributed by atoms with van der Waals surface area (Å²) in [6.07, 6.45) is -3.22. The van der Waals surface area contributed by atoms with E-state index >= 15 is 0 Å². The first-order valence-electron chi connectivity index (χ1n) is 6.93. The monoisotopic (exact) mass is 335 g/mol. The highest BCUT2D eigenvalue weighted by molar-refractivity contribution is 5.64. The first-order valence-corrected chi connectivity index (χ1v) is 6.93. The van der Waals surface area contributed by atoms with E-state index in [0.717, 1.165) is 16.7 Å². The van der Waals surface area contributed by atoms with Crippen molar-refractivity contribution in [1.82, 2.24) is 15.4 Å². The second-order valence-corrected chi connectivity index (χ2v) is 4.87. The minimum absolute atomic E-state index is 0.246. The second-order valence-electron chi connectivity index (χ2n) is 4.87. The number of rotatable bonds is 5. The molecule has 0 aliphatic carbocycles. The summed E-state index contributed by atoms with van der Waals surface area (Å²) in [7, 11) is 0. The van der Waals surface area contributed by atoms with Crippen molar-refractivity contribution < 1.29 is 22.6 Å². The molecule has 1 aromatic heterocycles. The number of nitrogens with zero attached hydrogens (tertiary/aromatic N) is 2. The van der Waals surface area contributed by atoms with Crippen molar-refractivity contribution in [2.75, 3.05) is 0 Å². The maximum absolute atomic E-state index is 12.1. The Hall–Kier alpha value is -3.03. The normalized spacial score (nSPS) is 11.3. The van der Waals surface area contributed by atoms with Crippen molar-refractivity contribution >= 4 is 0 Å². The maximum Gasteiger partial charge on any atom is 0.573 e. The van der Waals surface area contributed by atoms with Gasteiger partial charge in [0.05, 0.1) is 0 Å². The summed E-state index contributed by atoms with van der Waals surface area (Å²) in [6, 6.07) is 13.2. The number of nitrogens with one attached hydrogen (secondary N) is 1. The van der Waals surface area contributed by atoms with Gasteiger partial charge in [-0.3, -0.25) is 0 Å². The lowest BCUT2D eigenvalue weighted by molar-refractivity contribution is -0.274. The molecule has 0 bridgehead atoms. The summed E-state index contributed by atoms with van der Waals surface area (Å²) in [5.41, 5.74) is 2.59. The minimum Gasteiger partial charge on any atom is -0.471 e. The predicted octanol–water partition coefficient (Wildman–Crippen LogP) is 3.95. The van der Waals surface area contributed by atoms with Gasteiger partial charge >= 0.3 is 6.36 Å². The Morgan fingerprint density at radius 2 is 1.54 bits per heavy atom. The van der Waals surface area contributed by atoms with E-state index in [0.29, 0.717) is 12.5 Å². The Labute approximate surface area is 135 Å². The summed E-state index contributed by atoms with van der Waals surface area (Å²) in [5, 5.41) is 9.87. The number of aromatic amines is 1. The van der Waals surface area contributed by atoms with Gasteiger partial charge in [-0.25, -0.2) is 0 Å². The lowest BCUT2D eigenvalue weighted by atomic mass is 10.0. The lowest BCUT2D eigenvalue weighted by Gasteiger charge is -2.09. The zero-order valence-corrected chi connectivity index (χ0v) is 12.2. The molecular formula is C16H12F3N3O2. The fourth-order valence-corrected chi connectivity index (χ4v) is 2.06. The molecule has 3 aromatic rings. The van der Waals surface area contributed by atoms with E-state index in [2.05, 4.69) is 20.1 Å². The highest BCUT2D eigenvalue weighted by atomic mass is 19.4. The molecule has 0 aliphatic rings. The second kappa shape index (κ2) is 6.61. The van der Waals surface area contributed by atoms with Crippen LogP contribution in [0.3, 0.4) is 0 Å². The average molecular weight is 335 g/mol. The van der Waals surface area contributed by atoms with E-state index in [1.807, 2.05) is 24.3 Å². The standard InChI is InChI=1S/C16H12F3N3O2/c17-16(18,19)24-14-7-5-13(6-8-14)12-3-1-11(2-4-12)10-23-15-9-20-22-21-15/h1-9H,10H2,(H,20,21,22). The van der Waals surface area contributed by atoms with E-state index < -0.39 is 6.36 Å². The third-order valence-corrected chi connectivity index (χ3v) is 3.15. The SMILES string of the molecule is FC(F)(F)Oc1ccc(-c2ccc(COc3cn[nH]n3)cc2)cc1. The molecule has 0 amide bonds. The van der Waals surface area contributed by atoms with Gasteiger partial charge in [-0.2, -0.15) is 10.3 Å². The highest BCUT2D eigenvalue weighted by Crippen LogP contribution is 2.26. The van der Waals surface area contributed by atoms with Crippen molar-refractivity contribution in [2.45, 2.75) is 13.0 Å². The predicted molar refractivity (Wildman–Crippen MR) is 79.3 cm³/mol. The van der Waals surface area contributed by atoms with Crippen molar-refractivity contribution in [3.8, 4) is 22.8 Å². The van der Waals surface area contributed by atoms with Crippen LogP contribution in [-0.4, -0.2) is 21.8 Å². The molecule has 0 saturated carbocycles. The maximum atomic E-state index is 12.1. The van der Waals surface area contributed by atoms with Gasteiger partial charge in [-0.15, -0.1) is 18.3 Å². The number of hydrogen-bond acceptors (Lipinski definition) is 4.